The Balaban J connectivity index is 1.35. The largest absolute Gasteiger partial charge is 0.0836 e. The molecule has 0 nitrogen and oxygen atoms in total. The highest BCUT2D eigenvalue weighted by Gasteiger charge is 2.46. The van der Waals surface area contributed by atoms with Gasteiger partial charge in [-0.25, -0.2) is 0 Å². The summed E-state index contributed by atoms with van der Waals surface area (Å²) in [4.78, 5) is 0. The number of hydrogen-bond acceptors (Lipinski definition) is 0. The number of hydrogen-bond donors (Lipinski definition) is 0. The Morgan fingerprint density at radius 3 is 2.00 bits per heavy atom. The van der Waals surface area contributed by atoms with Crippen LogP contribution in [0.4, 0.5) is 0 Å². The highest BCUT2D eigenvalue weighted by atomic mass is 14.5. The van der Waals surface area contributed by atoms with E-state index in [0.29, 0.717) is 11.8 Å². The van der Waals surface area contributed by atoms with Crippen molar-refractivity contribution in [2.75, 3.05) is 0 Å². The maximum atomic E-state index is 2.45. The fourth-order valence-electron chi connectivity index (χ4n) is 8.56. The Morgan fingerprint density at radius 2 is 1.12 bits per heavy atom. The predicted molar refractivity (Wildman–Crippen MR) is 183 cm³/mol. The predicted octanol–water partition coefficient (Wildman–Crippen LogP) is 11.7. The van der Waals surface area contributed by atoms with Gasteiger partial charge in [-0.2, -0.15) is 0 Å². The van der Waals surface area contributed by atoms with Crippen molar-refractivity contribution in [3.63, 3.8) is 0 Å². The second-order valence-electron chi connectivity index (χ2n) is 12.6. The summed E-state index contributed by atoms with van der Waals surface area (Å²) in [6.45, 7) is 0. The minimum atomic E-state index is 0.658. The van der Waals surface area contributed by atoms with E-state index in [2.05, 4.69) is 133 Å². The van der Waals surface area contributed by atoms with Crippen LogP contribution < -0.4 is 0 Å². The van der Waals surface area contributed by atoms with Crippen LogP contribution in [-0.4, -0.2) is 0 Å². The zero-order valence-electron chi connectivity index (χ0n) is 24.0. The van der Waals surface area contributed by atoms with Crippen LogP contribution in [0.15, 0.2) is 127 Å². The minimum absolute atomic E-state index is 0.658. The molecule has 1 fully saturated rings. The zero-order valence-corrected chi connectivity index (χ0v) is 24.0. The molecular weight excluding hydrogens is 516 g/mol. The molecule has 0 bridgehead atoms. The van der Waals surface area contributed by atoms with E-state index in [1.807, 2.05) is 0 Å². The summed E-state index contributed by atoms with van der Waals surface area (Å²) in [6, 6.07) is 45.8. The summed E-state index contributed by atoms with van der Waals surface area (Å²) in [6.07, 6.45) is 8.23. The van der Waals surface area contributed by atoms with Gasteiger partial charge in [0.05, 0.1) is 0 Å². The summed E-state index contributed by atoms with van der Waals surface area (Å²) in [5.41, 5.74) is 14.4. The molecule has 0 heteroatoms. The van der Waals surface area contributed by atoms with Crippen LogP contribution in [0.1, 0.15) is 46.9 Å². The van der Waals surface area contributed by atoms with Crippen LogP contribution in [0.25, 0.3) is 71.8 Å². The van der Waals surface area contributed by atoms with Gasteiger partial charge < -0.3 is 0 Å². The van der Waals surface area contributed by atoms with Crippen molar-refractivity contribution in [1.29, 1.82) is 0 Å². The van der Waals surface area contributed by atoms with E-state index in [9.17, 15) is 0 Å². The van der Waals surface area contributed by atoms with E-state index in [-0.39, 0.29) is 0 Å². The summed E-state index contributed by atoms with van der Waals surface area (Å²) in [7, 11) is 0. The quantitative estimate of drug-likeness (QED) is 0.189. The van der Waals surface area contributed by atoms with Crippen LogP contribution in [0, 0.1) is 0 Å². The van der Waals surface area contributed by atoms with Gasteiger partial charge in [0, 0.05) is 0 Å². The molecule has 1 saturated carbocycles. The Hall–Kier alpha value is -4.94. The third-order valence-electron chi connectivity index (χ3n) is 10.4. The molecule has 43 heavy (non-hydrogen) atoms. The van der Waals surface area contributed by atoms with E-state index in [1.165, 1.54) is 83.2 Å². The molecule has 3 aliphatic rings. The molecule has 2 atom stereocenters. The number of rotatable bonds is 2. The fourth-order valence-corrected chi connectivity index (χ4v) is 8.56. The lowest BCUT2D eigenvalue weighted by molar-refractivity contribution is 0.991. The normalized spacial score (nSPS) is 17.9. The molecule has 0 amide bonds. The maximum Gasteiger partial charge on any atom is -0.00234 e. The van der Waals surface area contributed by atoms with Gasteiger partial charge in [0.2, 0.25) is 0 Å². The monoisotopic (exact) mass is 546 g/mol. The second kappa shape index (κ2) is 8.79. The standard InChI is InChI=1S/C43H30/c1-2-13-27-26(12-1)24-40(29-15-4-3-14-28(27)29)43-34-20-9-7-18-32(34)42(33-19-8-10-21-35(33)43)37-23-11-22-36-39-25-38(39)30-16-5-6-17-31(30)41(36)37/h1-9,11-20,22-24,38-39H,10,21,25H2. The first kappa shape index (κ1) is 23.6. The van der Waals surface area contributed by atoms with Gasteiger partial charge in [-0.1, -0.05) is 127 Å². The van der Waals surface area contributed by atoms with Crippen LogP contribution in [-0.2, 0) is 6.42 Å². The minimum Gasteiger partial charge on any atom is -0.0836 e. The molecule has 0 N–H and O–H groups in total. The third kappa shape index (κ3) is 3.27. The highest BCUT2D eigenvalue weighted by Crippen LogP contribution is 2.64. The molecule has 0 radical (unpaired) electrons. The highest BCUT2D eigenvalue weighted by molar-refractivity contribution is 6.19. The summed E-state index contributed by atoms with van der Waals surface area (Å²) in [5.74, 6) is 1.35. The van der Waals surface area contributed by atoms with Crippen molar-refractivity contribution >= 4 is 38.4 Å². The van der Waals surface area contributed by atoms with Gasteiger partial charge in [-0.3, -0.25) is 0 Å². The average Bonchev–Trinajstić information content (AvgIpc) is 3.89. The number of benzene rings is 7. The number of allylic oxidation sites excluding steroid dienone is 1. The van der Waals surface area contributed by atoms with Crippen LogP contribution in [0.3, 0.4) is 0 Å². The Morgan fingerprint density at radius 1 is 0.465 bits per heavy atom. The first-order valence-electron chi connectivity index (χ1n) is 15.7. The van der Waals surface area contributed by atoms with Gasteiger partial charge >= 0.3 is 0 Å². The average molecular weight is 547 g/mol. The molecule has 7 aromatic rings. The van der Waals surface area contributed by atoms with E-state index in [4.69, 9.17) is 0 Å². The molecule has 0 heterocycles. The lowest BCUT2D eigenvalue weighted by atomic mass is 9.76. The smallest absolute Gasteiger partial charge is 0.00234 e. The van der Waals surface area contributed by atoms with Crippen LogP contribution in [0.2, 0.25) is 0 Å². The Kier molecular flexibility index (Phi) is 4.82. The molecule has 2 unspecified atom stereocenters. The molecule has 0 aliphatic heterocycles. The fraction of sp³-hybridized carbons (Fsp3) is 0.116. The van der Waals surface area contributed by atoms with Crippen LogP contribution >= 0.6 is 0 Å². The van der Waals surface area contributed by atoms with E-state index in [0.717, 1.165) is 12.8 Å². The zero-order chi connectivity index (χ0) is 28.1. The Labute approximate surface area is 251 Å². The van der Waals surface area contributed by atoms with E-state index < -0.39 is 0 Å². The topological polar surface area (TPSA) is 0 Å². The van der Waals surface area contributed by atoms with Gasteiger partial charge in [0.1, 0.15) is 0 Å². The van der Waals surface area contributed by atoms with Crippen molar-refractivity contribution in [3.05, 3.63) is 150 Å². The van der Waals surface area contributed by atoms with Gasteiger partial charge in [0.25, 0.3) is 0 Å². The van der Waals surface area contributed by atoms with E-state index in [1.54, 1.807) is 11.1 Å². The Bertz CT molecular complexity index is 2330. The molecule has 202 valence electrons. The summed E-state index contributed by atoms with van der Waals surface area (Å²) >= 11 is 0. The summed E-state index contributed by atoms with van der Waals surface area (Å²) in [5, 5.41) is 8.00. The van der Waals surface area contributed by atoms with Gasteiger partial charge in [-0.15, -0.1) is 0 Å². The van der Waals surface area contributed by atoms with Crippen molar-refractivity contribution in [2.45, 2.75) is 31.1 Å². The van der Waals surface area contributed by atoms with E-state index >= 15 is 0 Å². The van der Waals surface area contributed by atoms with Gasteiger partial charge in [-0.05, 0) is 125 Å². The first-order valence-corrected chi connectivity index (χ1v) is 15.7. The van der Waals surface area contributed by atoms with Crippen LogP contribution in [0.5, 0.6) is 0 Å². The molecule has 10 rings (SSSR count). The van der Waals surface area contributed by atoms with Gasteiger partial charge in [0.15, 0.2) is 0 Å². The molecule has 3 aliphatic carbocycles. The summed E-state index contributed by atoms with van der Waals surface area (Å²) < 4.78 is 0. The first-order chi connectivity index (χ1) is 21.4. The van der Waals surface area contributed by atoms with Crippen molar-refractivity contribution < 1.29 is 0 Å². The van der Waals surface area contributed by atoms with Crippen molar-refractivity contribution in [3.8, 4) is 33.4 Å². The SMILES string of the molecule is C1=Cc2c(c(-c3cc4ccccc4c4ccccc34)c3ccccc3c2-c2cccc3c2-c2ccccc2C2CC32)CC1. The molecule has 7 aromatic carbocycles. The second-order valence-corrected chi connectivity index (χ2v) is 12.6. The molecular formula is C43H30. The third-order valence-corrected chi connectivity index (χ3v) is 10.4. The molecule has 0 saturated heterocycles. The van der Waals surface area contributed by atoms with Crippen molar-refractivity contribution in [1.82, 2.24) is 0 Å². The molecule has 0 spiro atoms. The lowest BCUT2D eigenvalue weighted by Gasteiger charge is -2.28. The maximum absolute atomic E-state index is 2.45. The molecule has 0 aromatic heterocycles. The lowest BCUT2D eigenvalue weighted by Crippen LogP contribution is -2.05. The number of fused-ring (bicyclic) bond motifs is 11. The van der Waals surface area contributed by atoms with Crippen molar-refractivity contribution in [2.24, 2.45) is 0 Å².